The van der Waals surface area contributed by atoms with Crippen LogP contribution < -0.4 is 4.72 Å². The van der Waals surface area contributed by atoms with Crippen molar-refractivity contribution in [2.75, 3.05) is 6.54 Å². The van der Waals surface area contributed by atoms with Gasteiger partial charge in [0.15, 0.2) is 0 Å². The standard InChI is InChI=1S/C11H10Cl2N2O2S/c1-2-15-18(16,17)7-3-4-8-9(5-7)11(13)14-6-10(8)12/h3-6,15H,2H2,1H3. The third-order valence-electron chi connectivity index (χ3n) is 2.41. The second-order valence-corrected chi connectivity index (χ2v) is 6.14. The van der Waals surface area contributed by atoms with Gasteiger partial charge in [-0.1, -0.05) is 36.2 Å². The van der Waals surface area contributed by atoms with Gasteiger partial charge in [0.2, 0.25) is 10.0 Å². The number of hydrogen-bond acceptors (Lipinski definition) is 3. The Balaban J connectivity index is 2.68. The van der Waals surface area contributed by atoms with Crippen LogP contribution in [-0.4, -0.2) is 19.9 Å². The lowest BCUT2D eigenvalue weighted by Gasteiger charge is -2.07. The van der Waals surface area contributed by atoms with Gasteiger partial charge in [-0.15, -0.1) is 0 Å². The molecule has 0 unspecified atom stereocenters. The Morgan fingerprint density at radius 1 is 1.28 bits per heavy atom. The summed E-state index contributed by atoms with van der Waals surface area (Å²) in [5.41, 5.74) is 0. The van der Waals surface area contributed by atoms with E-state index in [9.17, 15) is 8.42 Å². The highest BCUT2D eigenvalue weighted by molar-refractivity contribution is 7.89. The molecule has 7 heteroatoms. The molecular weight excluding hydrogens is 295 g/mol. The molecule has 18 heavy (non-hydrogen) atoms. The molecule has 0 aliphatic carbocycles. The van der Waals surface area contributed by atoms with Crippen LogP contribution >= 0.6 is 23.2 Å². The van der Waals surface area contributed by atoms with Gasteiger partial charge in [0.05, 0.1) is 9.92 Å². The molecule has 0 fully saturated rings. The predicted octanol–water partition coefficient (Wildman–Crippen LogP) is 2.84. The summed E-state index contributed by atoms with van der Waals surface area (Å²) >= 11 is 11.9. The van der Waals surface area contributed by atoms with Gasteiger partial charge in [-0.3, -0.25) is 0 Å². The van der Waals surface area contributed by atoms with Crippen molar-refractivity contribution in [3.8, 4) is 0 Å². The number of benzene rings is 1. The molecule has 1 N–H and O–H groups in total. The maximum Gasteiger partial charge on any atom is 0.240 e. The molecule has 0 bridgehead atoms. The zero-order valence-corrected chi connectivity index (χ0v) is 11.8. The van der Waals surface area contributed by atoms with E-state index in [1.807, 2.05) is 0 Å². The predicted molar refractivity (Wildman–Crippen MR) is 72.6 cm³/mol. The van der Waals surface area contributed by atoms with Crippen LogP contribution in [0.5, 0.6) is 0 Å². The SMILES string of the molecule is CCNS(=O)(=O)c1ccc2c(Cl)cnc(Cl)c2c1. The molecule has 0 saturated heterocycles. The minimum atomic E-state index is -3.51. The van der Waals surface area contributed by atoms with Crippen LogP contribution in [0.15, 0.2) is 29.3 Å². The van der Waals surface area contributed by atoms with Crippen molar-refractivity contribution in [3.05, 3.63) is 34.6 Å². The van der Waals surface area contributed by atoms with Gasteiger partial charge in [-0.2, -0.15) is 0 Å². The summed E-state index contributed by atoms with van der Waals surface area (Å²) in [4.78, 5) is 4.04. The fraction of sp³-hybridized carbons (Fsp3) is 0.182. The van der Waals surface area contributed by atoms with Crippen molar-refractivity contribution in [1.29, 1.82) is 0 Å². The first-order valence-corrected chi connectivity index (χ1v) is 7.43. The lowest BCUT2D eigenvalue weighted by Crippen LogP contribution is -2.23. The molecule has 1 heterocycles. The van der Waals surface area contributed by atoms with E-state index < -0.39 is 10.0 Å². The van der Waals surface area contributed by atoms with E-state index in [1.54, 1.807) is 13.0 Å². The number of nitrogens with one attached hydrogen (secondary N) is 1. The van der Waals surface area contributed by atoms with E-state index in [0.29, 0.717) is 22.3 Å². The summed E-state index contributed by atoms with van der Waals surface area (Å²) in [6, 6.07) is 4.58. The van der Waals surface area contributed by atoms with Gasteiger partial charge >= 0.3 is 0 Å². The number of hydrogen-bond donors (Lipinski definition) is 1. The largest absolute Gasteiger partial charge is 0.242 e. The molecule has 0 aliphatic rings. The lowest BCUT2D eigenvalue weighted by molar-refractivity contribution is 0.584. The molecule has 0 spiro atoms. The Bertz CT molecular complexity index is 702. The number of halogens is 2. The van der Waals surface area contributed by atoms with Crippen molar-refractivity contribution in [2.24, 2.45) is 0 Å². The van der Waals surface area contributed by atoms with Crippen LogP contribution in [0.1, 0.15) is 6.92 Å². The first-order valence-electron chi connectivity index (χ1n) is 5.19. The zero-order chi connectivity index (χ0) is 13.3. The van der Waals surface area contributed by atoms with E-state index in [2.05, 4.69) is 9.71 Å². The maximum atomic E-state index is 11.9. The van der Waals surface area contributed by atoms with Gasteiger partial charge in [0.1, 0.15) is 5.15 Å². The van der Waals surface area contributed by atoms with Crippen LogP contribution in [0, 0.1) is 0 Å². The van der Waals surface area contributed by atoms with Crippen LogP contribution in [0.25, 0.3) is 10.8 Å². The van der Waals surface area contributed by atoms with Crippen molar-refractivity contribution < 1.29 is 8.42 Å². The number of aromatic nitrogens is 1. The highest BCUT2D eigenvalue weighted by Gasteiger charge is 2.14. The molecule has 0 radical (unpaired) electrons. The molecule has 2 rings (SSSR count). The summed E-state index contributed by atoms with van der Waals surface area (Å²) in [5, 5.41) is 1.85. The summed E-state index contributed by atoms with van der Waals surface area (Å²) in [7, 11) is -3.51. The second-order valence-electron chi connectivity index (χ2n) is 3.61. The number of rotatable bonds is 3. The number of nitrogens with zero attached hydrogens (tertiary/aromatic N) is 1. The molecular formula is C11H10Cl2N2O2S. The van der Waals surface area contributed by atoms with Crippen LogP contribution in [0.2, 0.25) is 10.2 Å². The van der Waals surface area contributed by atoms with Crippen molar-refractivity contribution in [3.63, 3.8) is 0 Å². The Labute approximate surface area is 115 Å². The Morgan fingerprint density at radius 2 is 2.00 bits per heavy atom. The normalized spacial score (nSPS) is 11.9. The average Bonchev–Trinajstić information content (AvgIpc) is 2.33. The van der Waals surface area contributed by atoms with E-state index in [-0.39, 0.29) is 10.0 Å². The van der Waals surface area contributed by atoms with E-state index in [4.69, 9.17) is 23.2 Å². The van der Waals surface area contributed by atoms with Gasteiger partial charge in [-0.05, 0) is 12.1 Å². The quantitative estimate of drug-likeness (QED) is 0.887. The highest BCUT2D eigenvalue weighted by Crippen LogP contribution is 2.29. The van der Waals surface area contributed by atoms with Gasteiger partial charge in [0, 0.05) is 23.5 Å². The molecule has 1 aromatic heterocycles. The molecule has 1 aromatic carbocycles. The van der Waals surface area contributed by atoms with E-state index in [0.717, 1.165) is 0 Å². The molecule has 2 aromatic rings. The summed E-state index contributed by atoms with van der Waals surface area (Å²) < 4.78 is 26.1. The van der Waals surface area contributed by atoms with E-state index >= 15 is 0 Å². The Hall–Kier alpha value is -0.880. The topological polar surface area (TPSA) is 59.1 Å². The van der Waals surface area contributed by atoms with E-state index in [1.165, 1.54) is 18.3 Å². The molecule has 0 amide bonds. The first kappa shape index (κ1) is 13.5. The van der Waals surface area contributed by atoms with Gasteiger partial charge < -0.3 is 0 Å². The Morgan fingerprint density at radius 3 is 2.67 bits per heavy atom. The number of pyridine rings is 1. The van der Waals surface area contributed by atoms with Gasteiger partial charge in [0.25, 0.3) is 0 Å². The van der Waals surface area contributed by atoms with Crippen LogP contribution in [-0.2, 0) is 10.0 Å². The second kappa shape index (κ2) is 5.01. The third kappa shape index (κ3) is 2.44. The van der Waals surface area contributed by atoms with Crippen molar-refractivity contribution in [1.82, 2.24) is 9.71 Å². The molecule has 0 atom stereocenters. The summed E-state index contributed by atoms with van der Waals surface area (Å²) in [6.07, 6.45) is 1.44. The number of sulfonamides is 1. The monoisotopic (exact) mass is 304 g/mol. The first-order chi connectivity index (χ1) is 8.45. The maximum absolute atomic E-state index is 11.9. The minimum Gasteiger partial charge on any atom is -0.242 e. The third-order valence-corrected chi connectivity index (χ3v) is 4.55. The molecule has 96 valence electrons. The average molecular weight is 305 g/mol. The Kier molecular flexibility index (Phi) is 3.77. The van der Waals surface area contributed by atoms with Crippen molar-refractivity contribution >= 4 is 44.0 Å². The lowest BCUT2D eigenvalue weighted by atomic mass is 10.2. The fourth-order valence-electron chi connectivity index (χ4n) is 1.60. The van der Waals surface area contributed by atoms with Crippen LogP contribution in [0.3, 0.4) is 0 Å². The van der Waals surface area contributed by atoms with Crippen LogP contribution in [0.4, 0.5) is 0 Å². The molecule has 0 saturated carbocycles. The van der Waals surface area contributed by atoms with Gasteiger partial charge in [-0.25, -0.2) is 18.1 Å². The molecule has 0 aliphatic heterocycles. The fourth-order valence-corrected chi connectivity index (χ4v) is 3.08. The minimum absolute atomic E-state index is 0.141. The molecule has 4 nitrogen and oxygen atoms in total. The smallest absolute Gasteiger partial charge is 0.240 e. The summed E-state index contributed by atoms with van der Waals surface area (Å²) in [6.45, 7) is 2.03. The number of fused-ring (bicyclic) bond motifs is 1. The highest BCUT2D eigenvalue weighted by atomic mass is 35.5. The van der Waals surface area contributed by atoms with Crippen molar-refractivity contribution in [2.45, 2.75) is 11.8 Å². The summed E-state index contributed by atoms with van der Waals surface area (Å²) in [5.74, 6) is 0. The zero-order valence-electron chi connectivity index (χ0n) is 9.44.